The van der Waals surface area contributed by atoms with Crippen LogP contribution in [0.5, 0.6) is 0 Å². The van der Waals surface area contributed by atoms with Crippen molar-refractivity contribution < 1.29 is 14.4 Å². The summed E-state index contributed by atoms with van der Waals surface area (Å²) in [6.07, 6.45) is 0. The van der Waals surface area contributed by atoms with Crippen LogP contribution < -0.4 is 10.6 Å². The number of carbonyl (C=O) groups is 3. The lowest BCUT2D eigenvalue weighted by atomic mass is 10.3. The van der Waals surface area contributed by atoms with Gasteiger partial charge in [0.15, 0.2) is 5.13 Å². The highest BCUT2D eigenvalue weighted by Gasteiger charge is 2.25. The normalized spacial score (nSPS) is 14.0. The highest BCUT2D eigenvalue weighted by molar-refractivity contribution is 7.14. The molecule has 1 fully saturated rings. The average Bonchev–Trinajstić information content (AvgIpc) is 3.11. The number of nitrogens with zero attached hydrogens (tertiary/aromatic N) is 3. The van der Waals surface area contributed by atoms with Crippen molar-refractivity contribution in [2.75, 3.05) is 36.8 Å². The third-order valence-corrected chi connectivity index (χ3v) is 5.07. The molecule has 1 saturated heterocycles. The van der Waals surface area contributed by atoms with Gasteiger partial charge in [0.25, 0.3) is 5.91 Å². The number of rotatable bonds is 3. The van der Waals surface area contributed by atoms with E-state index in [1.54, 1.807) is 39.4 Å². The number of urea groups is 1. The maximum Gasteiger partial charge on any atom is 0.325 e. The van der Waals surface area contributed by atoms with Crippen LogP contribution in [0.15, 0.2) is 29.6 Å². The van der Waals surface area contributed by atoms with Crippen LogP contribution in [0.4, 0.5) is 15.6 Å². The predicted molar refractivity (Wildman–Crippen MR) is 104 cm³/mol. The van der Waals surface area contributed by atoms with Gasteiger partial charge in [-0.3, -0.25) is 14.9 Å². The van der Waals surface area contributed by atoms with Crippen molar-refractivity contribution in [1.82, 2.24) is 14.8 Å². The highest BCUT2D eigenvalue weighted by atomic mass is 35.5. The van der Waals surface area contributed by atoms with Crippen molar-refractivity contribution in [3.63, 3.8) is 0 Å². The van der Waals surface area contributed by atoms with E-state index < -0.39 is 6.03 Å². The van der Waals surface area contributed by atoms with Crippen LogP contribution in [0.2, 0.25) is 5.02 Å². The Hall–Kier alpha value is -2.65. The first-order valence-electron chi connectivity index (χ1n) is 8.26. The lowest BCUT2D eigenvalue weighted by molar-refractivity contribution is -0.130. The quantitative estimate of drug-likeness (QED) is 0.817. The summed E-state index contributed by atoms with van der Waals surface area (Å²) >= 11 is 6.98. The van der Waals surface area contributed by atoms with E-state index in [9.17, 15) is 14.4 Å². The summed E-state index contributed by atoms with van der Waals surface area (Å²) in [4.78, 5) is 43.5. The lowest BCUT2D eigenvalue weighted by Crippen LogP contribution is -2.50. The molecule has 10 heteroatoms. The van der Waals surface area contributed by atoms with E-state index in [0.29, 0.717) is 42.0 Å². The number of aromatic nitrogens is 1. The number of halogens is 1. The molecule has 3 rings (SSSR count). The predicted octanol–water partition coefficient (Wildman–Crippen LogP) is 2.74. The van der Waals surface area contributed by atoms with Gasteiger partial charge >= 0.3 is 6.03 Å². The number of thiazole rings is 1. The molecule has 0 spiro atoms. The largest absolute Gasteiger partial charge is 0.339 e. The first-order chi connectivity index (χ1) is 12.9. The molecule has 0 bridgehead atoms. The van der Waals surface area contributed by atoms with Crippen LogP contribution in [0, 0.1) is 0 Å². The molecule has 0 atom stereocenters. The molecule has 1 aliphatic heterocycles. The van der Waals surface area contributed by atoms with Crippen LogP contribution in [0.1, 0.15) is 17.4 Å². The van der Waals surface area contributed by atoms with Crippen molar-refractivity contribution in [3.05, 3.63) is 40.4 Å². The van der Waals surface area contributed by atoms with Crippen LogP contribution in [-0.2, 0) is 4.79 Å². The number of benzene rings is 1. The lowest BCUT2D eigenvalue weighted by Gasteiger charge is -2.33. The number of hydrogen-bond donors (Lipinski definition) is 2. The molecule has 142 valence electrons. The van der Waals surface area contributed by atoms with Gasteiger partial charge in [0.2, 0.25) is 5.91 Å². The van der Waals surface area contributed by atoms with E-state index in [1.807, 2.05) is 0 Å². The Kier molecular flexibility index (Phi) is 5.92. The maximum atomic E-state index is 12.5. The zero-order valence-electron chi connectivity index (χ0n) is 14.6. The van der Waals surface area contributed by atoms with E-state index in [0.717, 1.165) is 0 Å². The van der Waals surface area contributed by atoms with Gasteiger partial charge in [-0.25, -0.2) is 9.78 Å². The number of amides is 4. The minimum atomic E-state index is -0.458. The fourth-order valence-electron chi connectivity index (χ4n) is 2.61. The van der Waals surface area contributed by atoms with Crippen LogP contribution in [0.3, 0.4) is 0 Å². The third kappa shape index (κ3) is 4.95. The van der Waals surface area contributed by atoms with Crippen LogP contribution in [0.25, 0.3) is 0 Å². The molecule has 0 unspecified atom stereocenters. The molecule has 2 N–H and O–H groups in total. The fraction of sp³-hybridized carbons (Fsp3) is 0.294. The number of nitrogens with one attached hydrogen (secondary N) is 2. The van der Waals surface area contributed by atoms with Crippen LogP contribution in [-0.4, -0.2) is 58.8 Å². The SMILES string of the molecule is CC(=O)N1CCN(C(=O)c2csc(NC(=O)Nc3ccc(Cl)cc3)n2)CC1. The number of carbonyl (C=O) groups excluding carboxylic acids is 3. The minimum absolute atomic E-state index is 0.00828. The van der Waals surface area contributed by atoms with Gasteiger partial charge in [-0.05, 0) is 24.3 Å². The molecule has 0 radical (unpaired) electrons. The van der Waals surface area contributed by atoms with Gasteiger partial charge in [0.05, 0.1) is 0 Å². The second-order valence-electron chi connectivity index (χ2n) is 5.92. The van der Waals surface area contributed by atoms with Crippen molar-refractivity contribution in [2.45, 2.75) is 6.92 Å². The zero-order chi connectivity index (χ0) is 19.4. The molecule has 1 aromatic heterocycles. The van der Waals surface area contributed by atoms with Gasteiger partial charge in [-0.2, -0.15) is 0 Å². The first-order valence-corrected chi connectivity index (χ1v) is 9.52. The minimum Gasteiger partial charge on any atom is -0.339 e. The Balaban J connectivity index is 1.54. The molecule has 1 aliphatic rings. The Labute approximate surface area is 165 Å². The summed E-state index contributed by atoms with van der Waals surface area (Å²) in [7, 11) is 0. The summed E-state index contributed by atoms with van der Waals surface area (Å²) in [5.41, 5.74) is 0.867. The maximum absolute atomic E-state index is 12.5. The Morgan fingerprint density at radius 2 is 1.67 bits per heavy atom. The summed E-state index contributed by atoms with van der Waals surface area (Å²) < 4.78 is 0. The molecule has 2 aromatic rings. The number of hydrogen-bond acceptors (Lipinski definition) is 5. The van der Waals surface area contributed by atoms with Crippen LogP contribution >= 0.6 is 22.9 Å². The van der Waals surface area contributed by atoms with Gasteiger partial charge in [-0.1, -0.05) is 11.6 Å². The fourth-order valence-corrected chi connectivity index (χ4v) is 3.41. The monoisotopic (exact) mass is 407 g/mol. The van der Waals surface area contributed by atoms with Gasteiger partial charge in [0.1, 0.15) is 5.69 Å². The molecule has 27 heavy (non-hydrogen) atoms. The Morgan fingerprint density at radius 3 is 2.30 bits per heavy atom. The molecule has 8 nitrogen and oxygen atoms in total. The smallest absolute Gasteiger partial charge is 0.325 e. The molecule has 4 amide bonds. The van der Waals surface area contributed by atoms with E-state index in [-0.39, 0.29) is 17.5 Å². The number of anilines is 2. The van der Waals surface area contributed by atoms with E-state index in [2.05, 4.69) is 15.6 Å². The summed E-state index contributed by atoms with van der Waals surface area (Å²) in [5.74, 6) is -0.199. The third-order valence-electron chi connectivity index (χ3n) is 4.06. The van der Waals surface area contributed by atoms with Gasteiger partial charge in [-0.15, -0.1) is 11.3 Å². The molecule has 2 heterocycles. The Morgan fingerprint density at radius 1 is 1.04 bits per heavy atom. The summed E-state index contributed by atoms with van der Waals surface area (Å²) in [6, 6.07) is 6.24. The van der Waals surface area contributed by atoms with Gasteiger partial charge < -0.3 is 15.1 Å². The highest BCUT2D eigenvalue weighted by Crippen LogP contribution is 2.19. The van der Waals surface area contributed by atoms with E-state index in [4.69, 9.17) is 11.6 Å². The van der Waals surface area contributed by atoms with Crippen molar-refractivity contribution in [3.8, 4) is 0 Å². The number of piperazine rings is 1. The van der Waals surface area contributed by atoms with Crippen molar-refractivity contribution in [1.29, 1.82) is 0 Å². The van der Waals surface area contributed by atoms with Crippen molar-refractivity contribution in [2.24, 2.45) is 0 Å². The second-order valence-corrected chi connectivity index (χ2v) is 7.22. The molecule has 1 aromatic carbocycles. The summed E-state index contributed by atoms with van der Waals surface area (Å²) in [5, 5.41) is 7.78. The standard InChI is InChI=1S/C17H18ClN5O3S/c1-11(24)22-6-8-23(9-7-22)15(25)14-10-27-17(20-14)21-16(26)19-13-4-2-12(18)3-5-13/h2-5,10H,6-9H2,1H3,(H2,19,20,21,26). The molecule has 0 aliphatic carbocycles. The second kappa shape index (κ2) is 8.36. The Bertz CT molecular complexity index is 847. The topological polar surface area (TPSA) is 94.6 Å². The molecular formula is C17H18ClN5O3S. The molecule has 0 saturated carbocycles. The average molecular weight is 408 g/mol. The van der Waals surface area contributed by atoms with E-state index >= 15 is 0 Å². The summed E-state index contributed by atoms with van der Waals surface area (Å²) in [6.45, 7) is 3.48. The zero-order valence-corrected chi connectivity index (χ0v) is 16.1. The molecular weight excluding hydrogens is 390 g/mol. The van der Waals surface area contributed by atoms with Crippen molar-refractivity contribution >= 4 is 51.6 Å². The van der Waals surface area contributed by atoms with Gasteiger partial charge in [0, 0.05) is 49.2 Å². The first kappa shape index (κ1) is 19.1. The van der Waals surface area contributed by atoms with E-state index in [1.165, 1.54) is 18.3 Å².